The van der Waals surface area contributed by atoms with E-state index >= 15 is 0 Å². The van der Waals surface area contributed by atoms with Gasteiger partial charge in [-0.15, -0.1) is 11.3 Å². The molecule has 0 bridgehead atoms. The largest absolute Gasteiger partial charge is 0.356 e. The van der Waals surface area contributed by atoms with Crippen LogP contribution in [0.25, 0.3) is 0 Å². The molecule has 0 aliphatic heterocycles. The Hall–Kier alpha value is -1.86. The zero-order valence-electron chi connectivity index (χ0n) is 15.4. The van der Waals surface area contributed by atoms with E-state index in [1.54, 1.807) is 18.4 Å². The number of hydrogen-bond acceptors (Lipinski definition) is 4. The van der Waals surface area contributed by atoms with Gasteiger partial charge in [0.15, 0.2) is 15.8 Å². The summed E-state index contributed by atoms with van der Waals surface area (Å²) in [4.78, 5) is 6.81. The van der Waals surface area contributed by atoms with Crippen LogP contribution in [0.3, 0.4) is 0 Å². The first-order chi connectivity index (χ1) is 12.5. The SMILES string of the molecule is CCc1ccc(CNC(=NC)NCCCS(=O)(=O)Cc2ccccc2)s1. The number of aliphatic imine (C=N–C) groups is 1. The van der Waals surface area contributed by atoms with E-state index in [-0.39, 0.29) is 11.5 Å². The van der Waals surface area contributed by atoms with Gasteiger partial charge in [0.1, 0.15) is 0 Å². The van der Waals surface area contributed by atoms with Crippen LogP contribution in [0.4, 0.5) is 0 Å². The van der Waals surface area contributed by atoms with Gasteiger partial charge in [-0.05, 0) is 30.5 Å². The van der Waals surface area contributed by atoms with Crippen molar-refractivity contribution >= 4 is 27.1 Å². The second-order valence-corrected chi connectivity index (χ2v) is 9.44. The first kappa shape index (κ1) is 20.5. The standard InChI is InChI=1S/C19H27N3O2S2/c1-3-17-10-11-18(25-17)14-22-19(20-2)21-12-7-13-26(23,24)15-16-8-5-4-6-9-16/h4-6,8-11H,3,7,12-15H2,1-2H3,(H2,20,21,22). The van der Waals surface area contributed by atoms with Crippen LogP contribution in [0.2, 0.25) is 0 Å². The molecular weight excluding hydrogens is 366 g/mol. The minimum atomic E-state index is -3.09. The first-order valence-electron chi connectivity index (χ1n) is 8.79. The Balaban J connectivity index is 1.70. The second-order valence-electron chi connectivity index (χ2n) is 6.01. The van der Waals surface area contributed by atoms with Crippen LogP contribution in [0.15, 0.2) is 47.5 Å². The van der Waals surface area contributed by atoms with E-state index in [4.69, 9.17) is 0 Å². The highest BCUT2D eigenvalue weighted by Gasteiger charge is 2.11. The molecular formula is C19H27N3O2S2. The highest BCUT2D eigenvalue weighted by atomic mass is 32.2. The fourth-order valence-corrected chi connectivity index (χ4v) is 4.82. The molecule has 0 aliphatic carbocycles. The summed E-state index contributed by atoms with van der Waals surface area (Å²) in [6.45, 7) is 3.43. The maximum absolute atomic E-state index is 12.2. The molecule has 0 fully saturated rings. The molecule has 2 aromatic rings. The fourth-order valence-electron chi connectivity index (χ4n) is 2.50. The van der Waals surface area contributed by atoms with E-state index in [0.717, 1.165) is 18.5 Å². The predicted molar refractivity (Wildman–Crippen MR) is 110 cm³/mol. The van der Waals surface area contributed by atoms with E-state index in [1.807, 2.05) is 30.3 Å². The summed E-state index contributed by atoms with van der Waals surface area (Å²) in [5, 5.41) is 6.44. The topological polar surface area (TPSA) is 70.6 Å². The number of guanidine groups is 1. The summed E-state index contributed by atoms with van der Waals surface area (Å²) in [5.74, 6) is 0.951. The third-order valence-electron chi connectivity index (χ3n) is 3.87. The summed E-state index contributed by atoms with van der Waals surface area (Å²) in [5.41, 5.74) is 0.834. The van der Waals surface area contributed by atoms with Gasteiger partial charge < -0.3 is 10.6 Å². The molecule has 2 N–H and O–H groups in total. The molecule has 0 spiro atoms. The van der Waals surface area contributed by atoms with Crippen molar-refractivity contribution in [3.63, 3.8) is 0 Å². The van der Waals surface area contributed by atoms with Crippen molar-refractivity contribution in [3.8, 4) is 0 Å². The van der Waals surface area contributed by atoms with Crippen LogP contribution in [0.5, 0.6) is 0 Å². The van der Waals surface area contributed by atoms with Gasteiger partial charge in [0.25, 0.3) is 0 Å². The second kappa shape index (κ2) is 10.3. The van der Waals surface area contributed by atoms with Crippen LogP contribution < -0.4 is 10.6 Å². The lowest BCUT2D eigenvalue weighted by Crippen LogP contribution is -2.37. The Kier molecular flexibility index (Phi) is 8.12. The molecule has 0 amide bonds. The van der Waals surface area contributed by atoms with Crippen LogP contribution in [-0.2, 0) is 28.6 Å². The summed E-state index contributed by atoms with van der Waals surface area (Å²) in [7, 11) is -1.38. The Morgan fingerprint density at radius 3 is 2.46 bits per heavy atom. The van der Waals surface area contributed by atoms with E-state index in [9.17, 15) is 8.42 Å². The lowest BCUT2D eigenvalue weighted by Gasteiger charge is -2.11. The highest BCUT2D eigenvalue weighted by molar-refractivity contribution is 7.90. The molecule has 7 heteroatoms. The number of hydrogen-bond donors (Lipinski definition) is 2. The Bertz CT molecular complexity index is 799. The van der Waals surface area contributed by atoms with Gasteiger partial charge in [-0.2, -0.15) is 0 Å². The third kappa shape index (κ3) is 7.17. The maximum Gasteiger partial charge on any atom is 0.191 e. The number of nitrogens with zero attached hydrogens (tertiary/aromatic N) is 1. The monoisotopic (exact) mass is 393 g/mol. The molecule has 142 valence electrons. The van der Waals surface area contributed by atoms with Crippen molar-refractivity contribution in [1.29, 1.82) is 0 Å². The van der Waals surface area contributed by atoms with Crippen LogP contribution in [0.1, 0.15) is 28.7 Å². The normalized spacial score (nSPS) is 12.2. The van der Waals surface area contributed by atoms with Gasteiger partial charge in [-0.1, -0.05) is 37.3 Å². The van der Waals surface area contributed by atoms with E-state index < -0.39 is 9.84 Å². The lowest BCUT2D eigenvalue weighted by molar-refractivity contribution is 0.591. The Morgan fingerprint density at radius 1 is 1.08 bits per heavy atom. The zero-order chi connectivity index (χ0) is 18.8. The lowest BCUT2D eigenvalue weighted by atomic mass is 10.2. The Morgan fingerprint density at radius 2 is 1.81 bits per heavy atom. The molecule has 0 saturated heterocycles. The number of aryl methyl sites for hydroxylation is 1. The minimum Gasteiger partial charge on any atom is -0.356 e. The quantitative estimate of drug-likeness (QED) is 0.390. The first-order valence-corrected chi connectivity index (χ1v) is 11.4. The van der Waals surface area contributed by atoms with Crippen molar-refractivity contribution in [3.05, 3.63) is 57.8 Å². The van der Waals surface area contributed by atoms with Crippen molar-refractivity contribution in [1.82, 2.24) is 10.6 Å². The molecule has 1 aromatic heterocycles. The Labute approximate surface area is 160 Å². The summed E-state index contributed by atoms with van der Waals surface area (Å²) in [6, 6.07) is 13.6. The smallest absolute Gasteiger partial charge is 0.191 e. The summed E-state index contributed by atoms with van der Waals surface area (Å²) in [6.07, 6.45) is 1.60. The molecule has 1 heterocycles. The van der Waals surface area contributed by atoms with Crippen molar-refractivity contribution in [2.45, 2.75) is 32.1 Å². The summed E-state index contributed by atoms with van der Waals surface area (Å²) < 4.78 is 24.4. The van der Waals surface area contributed by atoms with Crippen LogP contribution >= 0.6 is 11.3 Å². The van der Waals surface area contributed by atoms with E-state index in [1.165, 1.54) is 9.75 Å². The minimum absolute atomic E-state index is 0.0962. The maximum atomic E-state index is 12.2. The number of nitrogens with one attached hydrogen (secondary N) is 2. The highest BCUT2D eigenvalue weighted by Crippen LogP contribution is 2.16. The molecule has 0 unspecified atom stereocenters. The van der Waals surface area contributed by atoms with Gasteiger partial charge in [0.05, 0.1) is 18.1 Å². The average Bonchev–Trinajstić information content (AvgIpc) is 3.09. The molecule has 1 aromatic carbocycles. The van der Waals surface area contributed by atoms with Gasteiger partial charge in [0.2, 0.25) is 0 Å². The zero-order valence-corrected chi connectivity index (χ0v) is 17.0. The fraction of sp³-hybridized carbons (Fsp3) is 0.421. The number of sulfone groups is 1. The van der Waals surface area contributed by atoms with Gasteiger partial charge in [0, 0.05) is 23.3 Å². The van der Waals surface area contributed by atoms with Crippen molar-refractivity contribution < 1.29 is 8.42 Å². The average molecular weight is 394 g/mol. The number of benzene rings is 1. The summed E-state index contributed by atoms with van der Waals surface area (Å²) >= 11 is 1.79. The third-order valence-corrected chi connectivity index (χ3v) is 6.79. The molecule has 2 rings (SSSR count). The molecule has 0 radical (unpaired) electrons. The van der Waals surface area contributed by atoms with Crippen LogP contribution in [0, 0.1) is 0 Å². The molecule has 5 nitrogen and oxygen atoms in total. The van der Waals surface area contributed by atoms with E-state index in [0.29, 0.717) is 18.9 Å². The van der Waals surface area contributed by atoms with Crippen LogP contribution in [-0.4, -0.2) is 33.7 Å². The molecule has 0 aliphatic rings. The number of rotatable bonds is 9. The van der Waals surface area contributed by atoms with Gasteiger partial charge in [-0.3, -0.25) is 4.99 Å². The molecule has 26 heavy (non-hydrogen) atoms. The molecule has 0 saturated carbocycles. The van der Waals surface area contributed by atoms with Crippen molar-refractivity contribution in [2.75, 3.05) is 19.3 Å². The predicted octanol–water partition coefficient (Wildman–Crippen LogP) is 2.98. The number of thiophene rings is 1. The van der Waals surface area contributed by atoms with E-state index in [2.05, 4.69) is 34.7 Å². The van der Waals surface area contributed by atoms with Gasteiger partial charge >= 0.3 is 0 Å². The molecule has 0 atom stereocenters. The van der Waals surface area contributed by atoms with Gasteiger partial charge in [-0.25, -0.2) is 8.42 Å². The van der Waals surface area contributed by atoms with Crippen molar-refractivity contribution in [2.24, 2.45) is 4.99 Å².